The molecule has 3 aromatic rings. The van der Waals surface area contributed by atoms with E-state index in [1.165, 1.54) is 17.0 Å². The third kappa shape index (κ3) is 5.04. The fraction of sp³-hybridized carbons (Fsp3) is 0.455. The first-order valence-electron chi connectivity index (χ1n) is 10.7. The molecule has 0 spiro atoms. The van der Waals surface area contributed by atoms with Crippen LogP contribution in [0, 0.1) is 0 Å². The van der Waals surface area contributed by atoms with Crippen molar-refractivity contribution < 1.29 is 14.6 Å². The molecule has 2 atom stereocenters. The number of aliphatic hydroxyl groups is 1. The van der Waals surface area contributed by atoms with E-state index >= 15 is 0 Å². The average molecular weight is 540 g/mol. The predicted molar refractivity (Wildman–Crippen MR) is 126 cm³/mol. The maximum absolute atomic E-state index is 13.4. The number of aromatic nitrogens is 4. The highest BCUT2D eigenvalue weighted by Gasteiger charge is 2.24. The molecule has 0 amide bonds. The second-order valence-corrected chi connectivity index (χ2v) is 9.13. The van der Waals surface area contributed by atoms with Gasteiger partial charge in [0.1, 0.15) is 11.8 Å². The zero-order valence-electron chi connectivity index (χ0n) is 18.0. The number of aryl methyl sites for hydroxylation is 1. The Morgan fingerprint density at radius 1 is 1.30 bits per heavy atom. The minimum Gasteiger partial charge on any atom is -0.382 e. The van der Waals surface area contributed by atoms with Crippen molar-refractivity contribution in [2.45, 2.75) is 44.6 Å². The van der Waals surface area contributed by atoms with E-state index in [0.717, 1.165) is 23.8 Å². The van der Waals surface area contributed by atoms with Gasteiger partial charge in [-0.05, 0) is 53.7 Å². The number of fused-ring (bicyclic) bond motifs is 1. The number of hydrogen-bond donors (Lipinski definition) is 1. The minimum absolute atomic E-state index is 0.146. The molecule has 0 saturated carbocycles. The van der Waals surface area contributed by atoms with Crippen molar-refractivity contribution in [3.05, 3.63) is 66.1 Å². The lowest BCUT2D eigenvalue weighted by Gasteiger charge is -2.22. The van der Waals surface area contributed by atoms with Crippen LogP contribution in [-0.4, -0.2) is 43.7 Å². The Bertz CT molecular complexity index is 1250. The van der Waals surface area contributed by atoms with Gasteiger partial charge < -0.3 is 14.6 Å². The van der Waals surface area contributed by atoms with E-state index in [1.807, 2.05) is 0 Å². The van der Waals surface area contributed by atoms with Crippen LogP contribution in [0.1, 0.15) is 43.0 Å². The average Bonchev–Trinajstić information content (AvgIpc) is 2.82. The van der Waals surface area contributed by atoms with E-state index in [-0.39, 0.29) is 29.4 Å². The fourth-order valence-electron chi connectivity index (χ4n) is 3.89. The van der Waals surface area contributed by atoms with E-state index in [2.05, 4.69) is 25.9 Å². The number of rotatable bonds is 7. The van der Waals surface area contributed by atoms with Gasteiger partial charge in [0, 0.05) is 42.6 Å². The molecule has 11 heteroatoms. The van der Waals surface area contributed by atoms with E-state index in [4.69, 9.17) is 21.1 Å². The van der Waals surface area contributed by atoms with Crippen molar-refractivity contribution in [3.8, 4) is 0 Å². The maximum Gasteiger partial charge on any atom is 0.332 e. The summed E-state index contributed by atoms with van der Waals surface area (Å²) in [6.07, 6.45) is 4.81. The van der Waals surface area contributed by atoms with Gasteiger partial charge in [-0.1, -0.05) is 11.6 Å². The highest BCUT2D eigenvalue weighted by Crippen LogP contribution is 2.31. The third-order valence-corrected chi connectivity index (χ3v) is 6.47. The van der Waals surface area contributed by atoms with Gasteiger partial charge >= 0.3 is 5.69 Å². The molecule has 0 bridgehead atoms. The molecule has 1 saturated heterocycles. The van der Waals surface area contributed by atoms with E-state index < -0.39 is 17.4 Å². The molecule has 0 aromatic carbocycles. The summed E-state index contributed by atoms with van der Waals surface area (Å²) in [6.45, 7) is 1.21. The lowest BCUT2D eigenvalue weighted by molar-refractivity contribution is -0.163. The summed E-state index contributed by atoms with van der Waals surface area (Å²) in [7, 11) is 1.55. The van der Waals surface area contributed by atoms with Crippen molar-refractivity contribution in [2.24, 2.45) is 7.05 Å². The van der Waals surface area contributed by atoms with Gasteiger partial charge in [-0.2, -0.15) is 0 Å². The van der Waals surface area contributed by atoms with Crippen LogP contribution in [0.2, 0.25) is 5.02 Å². The van der Waals surface area contributed by atoms with Crippen molar-refractivity contribution in [1.29, 1.82) is 0 Å². The zero-order valence-corrected chi connectivity index (χ0v) is 20.4. The first-order valence-corrected chi connectivity index (χ1v) is 11.9. The SMILES string of the molecule is Cn1c(=O)n(CCCOC2CCCCO2)c(=O)c2c(C(O)c3ccc(Cl)cn3)c(Br)cnc21. The molecule has 0 radical (unpaired) electrons. The molecule has 4 heterocycles. The Morgan fingerprint density at radius 3 is 2.82 bits per heavy atom. The lowest BCUT2D eigenvalue weighted by Crippen LogP contribution is -2.40. The van der Waals surface area contributed by atoms with Crippen molar-refractivity contribution in [1.82, 2.24) is 19.1 Å². The standard InChI is InChI=1S/C22H24BrClN4O5/c1-27-20-18(17(14(23)12-26-20)19(29)15-7-6-13(24)11-25-15)21(30)28(22(27)31)8-4-10-33-16-5-2-3-9-32-16/h6-7,11-12,16,19,29H,2-5,8-10H2,1H3. The summed E-state index contributed by atoms with van der Waals surface area (Å²) in [5, 5.41) is 11.6. The summed E-state index contributed by atoms with van der Waals surface area (Å²) in [6, 6.07) is 3.19. The van der Waals surface area contributed by atoms with Crippen LogP contribution < -0.4 is 11.2 Å². The summed E-state index contributed by atoms with van der Waals surface area (Å²) >= 11 is 9.30. The minimum atomic E-state index is -1.23. The van der Waals surface area contributed by atoms with Crippen LogP contribution >= 0.6 is 27.5 Å². The lowest BCUT2D eigenvalue weighted by atomic mass is 10.0. The van der Waals surface area contributed by atoms with Gasteiger partial charge in [0.15, 0.2) is 6.29 Å². The highest BCUT2D eigenvalue weighted by atomic mass is 79.9. The van der Waals surface area contributed by atoms with Crippen molar-refractivity contribution in [3.63, 3.8) is 0 Å². The van der Waals surface area contributed by atoms with E-state index in [0.29, 0.717) is 34.8 Å². The fourth-order valence-corrected chi connectivity index (χ4v) is 4.52. The van der Waals surface area contributed by atoms with E-state index in [1.54, 1.807) is 19.2 Å². The molecule has 33 heavy (non-hydrogen) atoms. The molecule has 1 N–H and O–H groups in total. The summed E-state index contributed by atoms with van der Waals surface area (Å²) in [5.41, 5.74) is -0.233. The molecule has 9 nitrogen and oxygen atoms in total. The smallest absolute Gasteiger partial charge is 0.332 e. The second kappa shape index (κ2) is 10.4. The Balaban J connectivity index is 1.68. The molecule has 4 rings (SSSR count). The molecule has 1 aliphatic rings. The number of ether oxygens (including phenoxy) is 2. The second-order valence-electron chi connectivity index (χ2n) is 7.84. The van der Waals surface area contributed by atoms with Crippen LogP contribution in [0.3, 0.4) is 0 Å². The molecule has 1 aliphatic heterocycles. The van der Waals surface area contributed by atoms with Crippen LogP contribution in [0.15, 0.2) is 38.6 Å². The highest BCUT2D eigenvalue weighted by molar-refractivity contribution is 9.10. The largest absolute Gasteiger partial charge is 0.382 e. The number of halogens is 2. The quantitative estimate of drug-likeness (QED) is 0.460. The molecule has 0 aliphatic carbocycles. The van der Waals surface area contributed by atoms with Crippen LogP contribution in [-0.2, 0) is 23.1 Å². The molecule has 176 valence electrons. The Morgan fingerprint density at radius 2 is 2.12 bits per heavy atom. The maximum atomic E-state index is 13.4. The van der Waals surface area contributed by atoms with Gasteiger partial charge in [0.05, 0.1) is 22.7 Å². The van der Waals surface area contributed by atoms with Gasteiger partial charge in [0.25, 0.3) is 5.56 Å². The molecule has 2 unspecified atom stereocenters. The topological polar surface area (TPSA) is 108 Å². The molecular weight excluding hydrogens is 516 g/mol. The van der Waals surface area contributed by atoms with Gasteiger partial charge in [-0.3, -0.25) is 18.9 Å². The molecular formula is C22H24BrClN4O5. The third-order valence-electron chi connectivity index (χ3n) is 5.62. The van der Waals surface area contributed by atoms with Gasteiger partial charge in [0.2, 0.25) is 0 Å². The summed E-state index contributed by atoms with van der Waals surface area (Å²) in [4.78, 5) is 34.8. The van der Waals surface area contributed by atoms with Gasteiger partial charge in [-0.15, -0.1) is 0 Å². The Labute approximate surface area is 203 Å². The number of pyridine rings is 2. The van der Waals surface area contributed by atoms with Crippen molar-refractivity contribution >= 4 is 38.6 Å². The summed E-state index contributed by atoms with van der Waals surface area (Å²) < 4.78 is 14.2. The summed E-state index contributed by atoms with van der Waals surface area (Å²) in [5.74, 6) is 0. The zero-order chi connectivity index (χ0) is 23.5. The van der Waals surface area contributed by atoms with E-state index in [9.17, 15) is 14.7 Å². The normalized spacial score (nSPS) is 17.4. The Hall–Kier alpha value is -2.11. The Kier molecular flexibility index (Phi) is 7.60. The van der Waals surface area contributed by atoms with Crippen molar-refractivity contribution in [2.75, 3.05) is 13.2 Å². The number of hydrogen-bond acceptors (Lipinski definition) is 7. The molecule has 3 aromatic heterocycles. The van der Waals surface area contributed by atoms with Gasteiger partial charge in [-0.25, -0.2) is 9.78 Å². The van der Waals surface area contributed by atoms with Crippen LogP contribution in [0.25, 0.3) is 11.0 Å². The monoisotopic (exact) mass is 538 g/mol. The van der Waals surface area contributed by atoms with Crippen LogP contribution in [0.5, 0.6) is 0 Å². The molecule has 1 fully saturated rings. The number of nitrogens with zero attached hydrogens (tertiary/aromatic N) is 4. The number of aliphatic hydroxyl groups excluding tert-OH is 1. The first kappa shape index (κ1) is 24.0. The first-order chi connectivity index (χ1) is 15.9. The predicted octanol–water partition coefficient (Wildman–Crippen LogP) is 2.92. The van der Waals surface area contributed by atoms with Crippen LogP contribution in [0.4, 0.5) is 0 Å².